The molecule has 6 nitrogen and oxygen atoms in total. The number of hydrogen-bond donors (Lipinski definition) is 2. The number of halogens is 1. The third-order valence-electron chi connectivity index (χ3n) is 5.18. The summed E-state index contributed by atoms with van der Waals surface area (Å²) >= 11 is 6.12. The number of carbonyl (C=O) groups is 1. The number of benzene rings is 1. The summed E-state index contributed by atoms with van der Waals surface area (Å²) in [5.41, 5.74) is 0.334. The van der Waals surface area contributed by atoms with Gasteiger partial charge in [0.2, 0.25) is 10.0 Å². The van der Waals surface area contributed by atoms with Gasteiger partial charge in [-0.25, -0.2) is 8.42 Å². The fraction of sp³-hybridized carbons (Fsp3) is 0.611. The average molecular weight is 401 g/mol. The minimum absolute atomic E-state index is 0.0234. The normalized spacial score (nSPS) is 19.1. The monoisotopic (exact) mass is 400 g/mol. The van der Waals surface area contributed by atoms with Crippen molar-refractivity contribution >= 4 is 27.5 Å². The quantitative estimate of drug-likeness (QED) is 0.669. The molecule has 2 aliphatic heterocycles. The Hall–Kier alpha value is -1.15. The predicted molar refractivity (Wildman–Crippen MR) is 101 cm³/mol. The highest BCUT2D eigenvalue weighted by atomic mass is 35.5. The van der Waals surface area contributed by atoms with E-state index >= 15 is 0 Å². The molecule has 0 spiro atoms. The topological polar surface area (TPSA) is 70.9 Å². The second-order valence-electron chi connectivity index (χ2n) is 7.07. The third-order valence-corrected chi connectivity index (χ3v) is 7.56. The molecule has 144 valence electrons. The van der Waals surface area contributed by atoms with Crippen molar-refractivity contribution < 1.29 is 18.1 Å². The molecule has 8 heteroatoms. The molecular formula is C18H27ClN3O3S+. The maximum atomic E-state index is 12.7. The van der Waals surface area contributed by atoms with Gasteiger partial charge in [-0.2, -0.15) is 4.31 Å². The van der Waals surface area contributed by atoms with Gasteiger partial charge in [0.15, 0.2) is 0 Å². The summed E-state index contributed by atoms with van der Waals surface area (Å²) in [5.74, 6) is -0.254. The van der Waals surface area contributed by atoms with Crippen LogP contribution in [0, 0.1) is 0 Å². The van der Waals surface area contributed by atoms with Crippen molar-refractivity contribution in [3.05, 3.63) is 28.8 Å². The minimum atomic E-state index is -3.64. The molecule has 1 amide bonds. The third kappa shape index (κ3) is 4.57. The molecule has 2 fully saturated rings. The van der Waals surface area contributed by atoms with E-state index in [0.29, 0.717) is 25.2 Å². The SMILES string of the molecule is O=C(NCCC[NH+]1CCCC1)c1ccc(Cl)c(S(=O)(=O)N2CCCC2)c1. The van der Waals surface area contributed by atoms with E-state index in [0.717, 1.165) is 25.8 Å². The largest absolute Gasteiger partial charge is 0.352 e. The van der Waals surface area contributed by atoms with Crippen LogP contribution in [0.1, 0.15) is 42.5 Å². The summed E-state index contributed by atoms with van der Waals surface area (Å²) in [5, 5.41) is 3.05. The molecule has 1 aromatic rings. The molecule has 26 heavy (non-hydrogen) atoms. The molecule has 0 saturated carbocycles. The maximum absolute atomic E-state index is 12.7. The summed E-state index contributed by atoms with van der Waals surface area (Å²) in [4.78, 5) is 14.0. The van der Waals surface area contributed by atoms with E-state index in [9.17, 15) is 13.2 Å². The number of nitrogens with zero attached hydrogens (tertiary/aromatic N) is 1. The lowest BCUT2D eigenvalue weighted by Gasteiger charge is -2.17. The second kappa shape index (κ2) is 8.69. The fourth-order valence-corrected chi connectivity index (χ4v) is 5.69. The van der Waals surface area contributed by atoms with E-state index in [1.165, 1.54) is 42.4 Å². The molecule has 0 unspecified atom stereocenters. The molecule has 3 rings (SSSR count). The Morgan fingerprint density at radius 3 is 2.54 bits per heavy atom. The summed E-state index contributed by atoms with van der Waals surface area (Å²) in [6.07, 6.45) is 5.22. The first kappa shape index (κ1) is 19.6. The molecule has 0 bridgehead atoms. The van der Waals surface area contributed by atoms with Gasteiger partial charge in [-0.05, 0) is 31.0 Å². The highest BCUT2D eigenvalue weighted by Gasteiger charge is 2.29. The van der Waals surface area contributed by atoms with E-state index in [1.807, 2.05) is 0 Å². The van der Waals surface area contributed by atoms with Crippen LogP contribution in [0.25, 0.3) is 0 Å². The molecule has 2 N–H and O–H groups in total. The van der Waals surface area contributed by atoms with Crippen LogP contribution in [-0.4, -0.2) is 57.9 Å². The fourth-order valence-electron chi connectivity index (χ4n) is 3.68. The van der Waals surface area contributed by atoms with Gasteiger partial charge in [-0.1, -0.05) is 11.6 Å². The Balaban J connectivity index is 1.61. The van der Waals surface area contributed by atoms with Gasteiger partial charge >= 0.3 is 0 Å². The zero-order valence-electron chi connectivity index (χ0n) is 15.0. The summed E-state index contributed by atoms with van der Waals surface area (Å²) in [6, 6.07) is 4.47. The minimum Gasteiger partial charge on any atom is -0.352 e. The summed E-state index contributed by atoms with van der Waals surface area (Å²) in [7, 11) is -3.64. The van der Waals surface area contributed by atoms with Gasteiger partial charge < -0.3 is 10.2 Å². The van der Waals surface area contributed by atoms with E-state index < -0.39 is 10.0 Å². The number of likely N-dealkylation sites (tertiary alicyclic amines) is 1. The Morgan fingerprint density at radius 1 is 1.15 bits per heavy atom. The molecule has 0 radical (unpaired) electrons. The molecule has 0 aliphatic carbocycles. The first-order valence-corrected chi connectivity index (χ1v) is 11.2. The van der Waals surface area contributed by atoms with Gasteiger partial charge in [0.25, 0.3) is 5.91 Å². The number of hydrogen-bond acceptors (Lipinski definition) is 3. The average Bonchev–Trinajstić information content (AvgIpc) is 3.32. The van der Waals surface area contributed by atoms with Gasteiger partial charge in [0.1, 0.15) is 4.90 Å². The van der Waals surface area contributed by atoms with Crippen LogP contribution in [0.3, 0.4) is 0 Å². The van der Waals surface area contributed by atoms with E-state index in [4.69, 9.17) is 11.6 Å². The molecular weight excluding hydrogens is 374 g/mol. The zero-order valence-corrected chi connectivity index (χ0v) is 16.5. The predicted octanol–water partition coefficient (Wildman–Crippen LogP) is 0.923. The van der Waals surface area contributed by atoms with Crippen molar-refractivity contribution in [2.24, 2.45) is 0 Å². The number of quaternary nitrogens is 1. The van der Waals surface area contributed by atoms with Crippen molar-refractivity contribution in [1.29, 1.82) is 0 Å². The second-order valence-corrected chi connectivity index (χ2v) is 9.39. The number of amides is 1. The lowest BCUT2D eigenvalue weighted by molar-refractivity contribution is -0.887. The van der Waals surface area contributed by atoms with Gasteiger partial charge in [-0.3, -0.25) is 4.79 Å². The first-order chi connectivity index (χ1) is 12.5. The highest BCUT2D eigenvalue weighted by Crippen LogP contribution is 2.28. The smallest absolute Gasteiger partial charge is 0.251 e. The summed E-state index contributed by atoms with van der Waals surface area (Å²) < 4.78 is 26.9. The van der Waals surface area contributed by atoms with E-state index in [2.05, 4.69) is 5.32 Å². The van der Waals surface area contributed by atoms with Crippen LogP contribution in [0.2, 0.25) is 5.02 Å². The van der Waals surface area contributed by atoms with Crippen LogP contribution >= 0.6 is 11.6 Å². The van der Waals surface area contributed by atoms with Crippen LogP contribution in [-0.2, 0) is 10.0 Å². The maximum Gasteiger partial charge on any atom is 0.251 e. The lowest BCUT2D eigenvalue weighted by atomic mass is 10.2. The van der Waals surface area contributed by atoms with Crippen molar-refractivity contribution in [3.63, 3.8) is 0 Å². The highest BCUT2D eigenvalue weighted by molar-refractivity contribution is 7.89. The molecule has 0 atom stereocenters. The lowest BCUT2D eigenvalue weighted by Crippen LogP contribution is -3.10. The molecule has 1 aromatic carbocycles. The van der Waals surface area contributed by atoms with Crippen LogP contribution in [0.5, 0.6) is 0 Å². The van der Waals surface area contributed by atoms with E-state index in [-0.39, 0.29) is 15.8 Å². The Bertz CT molecular complexity index is 742. The van der Waals surface area contributed by atoms with Crippen LogP contribution < -0.4 is 10.2 Å². The van der Waals surface area contributed by atoms with Crippen molar-refractivity contribution in [2.45, 2.75) is 37.0 Å². The van der Waals surface area contributed by atoms with Crippen molar-refractivity contribution in [3.8, 4) is 0 Å². The standard InChI is InChI=1S/C18H26ClN3O3S/c19-16-7-6-15(14-17(16)26(24,25)22-12-3-4-13-22)18(23)20-8-5-11-21-9-1-2-10-21/h6-7,14H,1-5,8-13H2,(H,20,23)/p+1. The molecule has 2 aliphatic rings. The molecule has 2 saturated heterocycles. The van der Waals surface area contributed by atoms with Crippen molar-refractivity contribution in [1.82, 2.24) is 9.62 Å². The Labute approximate surface area is 160 Å². The van der Waals surface area contributed by atoms with Gasteiger partial charge in [0, 0.05) is 44.5 Å². The Kier molecular flexibility index (Phi) is 6.55. The Morgan fingerprint density at radius 2 is 1.85 bits per heavy atom. The number of rotatable bonds is 7. The van der Waals surface area contributed by atoms with Crippen LogP contribution in [0.15, 0.2) is 23.1 Å². The van der Waals surface area contributed by atoms with Gasteiger partial charge in [-0.15, -0.1) is 0 Å². The van der Waals surface area contributed by atoms with E-state index in [1.54, 1.807) is 11.0 Å². The number of nitrogens with one attached hydrogen (secondary N) is 2. The first-order valence-electron chi connectivity index (χ1n) is 9.40. The van der Waals surface area contributed by atoms with Crippen LogP contribution in [0.4, 0.5) is 0 Å². The molecule has 0 aromatic heterocycles. The zero-order chi connectivity index (χ0) is 18.6. The molecule has 2 heterocycles. The van der Waals surface area contributed by atoms with Crippen molar-refractivity contribution in [2.75, 3.05) is 39.3 Å². The number of carbonyl (C=O) groups excluding carboxylic acids is 1. The summed E-state index contributed by atoms with van der Waals surface area (Å²) in [6.45, 7) is 5.13. The van der Waals surface area contributed by atoms with Gasteiger partial charge in [0.05, 0.1) is 24.7 Å². The number of sulfonamides is 1.